The Bertz CT molecular complexity index is 515. The molecule has 1 saturated heterocycles. The molecule has 3 nitrogen and oxygen atoms in total. The normalized spacial score (nSPS) is 25.5. The van der Waals surface area contributed by atoms with E-state index in [1.165, 1.54) is 4.31 Å². The van der Waals surface area contributed by atoms with Gasteiger partial charge in [-0.2, -0.15) is 4.31 Å². The van der Waals surface area contributed by atoms with E-state index in [1.807, 2.05) is 6.92 Å². The lowest BCUT2D eigenvalue weighted by Gasteiger charge is -2.22. The number of hydrogen-bond donors (Lipinski definition) is 0. The quantitative estimate of drug-likeness (QED) is 0.805. The zero-order chi connectivity index (χ0) is 13.3. The second-order valence-corrected chi connectivity index (χ2v) is 7.35. The minimum Gasteiger partial charge on any atom is -0.207 e. The Kier molecular flexibility index (Phi) is 4.22. The number of sulfonamides is 1. The van der Waals surface area contributed by atoms with E-state index in [1.54, 1.807) is 24.3 Å². The van der Waals surface area contributed by atoms with Gasteiger partial charge in [0.05, 0.1) is 4.90 Å². The van der Waals surface area contributed by atoms with Crippen molar-refractivity contribution in [3.05, 3.63) is 29.8 Å². The Morgan fingerprint density at radius 3 is 2.50 bits per heavy atom. The van der Waals surface area contributed by atoms with Gasteiger partial charge in [-0.3, -0.25) is 0 Å². The predicted octanol–water partition coefficient (Wildman–Crippen LogP) is 2.60. The molecule has 1 aliphatic rings. The summed E-state index contributed by atoms with van der Waals surface area (Å²) in [6, 6.07) is 6.61. The van der Waals surface area contributed by atoms with Crippen LogP contribution in [0.1, 0.15) is 12.0 Å². The van der Waals surface area contributed by atoms with Crippen LogP contribution in [0.15, 0.2) is 29.2 Å². The molecule has 1 aromatic carbocycles. The molecule has 0 aliphatic carbocycles. The van der Waals surface area contributed by atoms with Crippen molar-refractivity contribution in [3.8, 4) is 0 Å². The maximum atomic E-state index is 12.5. The Hall–Kier alpha value is -0.290. The Morgan fingerprint density at radius 2 is 1.94 bits per heavy atom. The van der Waals surface area contributed by atoms with Gasteiger partial charge < -0.3 is 0 Å². The van der Waals surface area contributed by atoms with Crippen LogP contribution in [0.3, 0.4) is 0 Å². The first kappa shape index (κ1) is 14.1. The summed E-state index contributed by atoms with van der Waals surface area (Å²) in [5.41, 5.74) is 1.03. The molecule has 1 aliphatic heterocycles. The largest absolute Gasteiger partial charge is 0.243 e. The van der Waals surface area contributed by atoms with Crippen molar-refractivity contribution in [3.63, 3.8) is 0 Å². The van der Waals surface area contributed by atoms with E-state index >= 15 is 0 Å². The maximum absolute atomic E-state index is 12.5. The van der Waals surface area contributed by atoms with Crippen LogP contribution in [0.2, 0.25) is 0 Å². The van der Waals surface area contributed by atoms with Crippen LogP contribution < -0.4 is 0 Å². The predicted molar refractivity (Wildman–Crippen MR) is 73.8 cm³/mol. The monoisotopic (exact) mass is 307 g/mol. The molecule has 0 saturated carbocycles. The van der Waals surface area contributed by atoms with Crippen LogP contribution in [0.5, 0.6) is 0 Å². The Labute approximate surface area is 118 Å². The Morgan fingerprint density at radius 1 is 1.33 bits per heavy atom. The summed E-state index contributed by atoms with van der Waals surface area (Å²) in [4.78, 5) is 0.300. The fraction of sp³-hybridized carbons (Fsp3) is 0.500. The fourth-order valence-corrected chi connectivity index (χ4v) is 4.60. The first-order valence-electron chi connectivity index (χ1n) is 5.73. The zero-order valence-corrected chi connectivity index (χ0v) is 12.3. The first-order chi connectivity index (χ1) is 8.45. The summed E-state index contributed by atoms with van der Waals surface area (Å²) in [5.74, 6) is 0.272. The lowest BCUT2D eigenvalue weighted by atomic mass is 10.2. The van der Waals surface area contributed by atoms with E-state index < -0.39 is 10.0 Å². The van der Waals surface area contributed by atoms with Crippen LogP contribution in [0, 0.1) is 6.92 Å². The molecular weight excluding hydrogens is 293 g/mol. The summed E-state index contributed by atoms with van der Waals surface area (Å²) >= 11 is 11.9. The van der Waals surface area contributed by atoms with Crippen LogP contribution in [-0.4, -0.2) is 36.6 Å². The lowest BCUT2D eigenvalue weighted by molar-refractivity contribution is 0.411. The van der Waals surface area contributed by atoms with Gasteiger partial charge in [0, 0.05) is 23.8 Å². The molecular formula is C12H15Cl2NO2S. The highest BCUT2D eigenvalue weighted by Gasteiger charge is 2.38. The summed E-state index contributed by atoms with van der Waals surface area (Å²) < 4.78 is 26.4. The van der Waals surface area contributed by atoms with E-state index in [2.05, 4.69) is 0 Å². The molecule has 0 amide bonds. The second-order valence-electron chi connectivity index (χ2n) is 4.53. The third-order valence-corrected chi connectivity index (χ3v) is 5.72. The molecule has 0 spiro atoms. The van der Waals surface area contributed by atoms with Gasteiger partial charge in [0.15, 0.2) is 0 Å². The van der Waals surface area contributed by atoms with Gasteiger partial charge >= 0.3 is 0 Å². The smallest absolute Gasteiger partial charge is 0.207 e. The Balaban J connectivity index is 2.33. The molecule has 1 aromatic rings. The van der Waals surface area contributed by atoms with Gasteiger partial charge in [-0.05, 0) is 25.5 Å². The van der Waals surface area contributed by atoms with Crippen LogP contribution in [0.4, 0.5) is 0 Å². The van der Waals surface area contributed by atoms with E-state index in [4.69, 9.17) is 23.2 Å². The van der Waals surface area contributed by atoms with Crippen molar-refractivity contribution in [1.82, 2.24) is 4.31 Å². The number of benzene rings is 1. The first-order valence-corrected chi connectivity index (χ1v) is 8.15. The fourth-order valence-electron chi connectivity index (χ4n) is 2.11. The number of aryl methyl sites for hydroxylation is 1. The van der Waals surface area contributed by atoms with Crippen LogP contribution in [0.25, 0.3) is 0 Å². The van der Waals surface area contributed by atoms with E-state index in [9.17, 15) is 8.42 Å². The number of rotatable bonds is 3. The van der Waals surface area contributed by atoms with E-state index in [-0.39, 0.29) is 17.3 Å². The molecule has 0 bridgehead atoms. The third-order valence-electron chi connectivity index (χ3n) is 3.12. The molecule has 18 heavy (non-hydrogen) atoms. The van der Waals surface area contributed by atoms with Crippen molar-refractivity contribution >= 4 is 33.2 Å². The van der Waals surface area contributed by atoms with Crippen molar-refractivity contribution in [2.45, 2.75) is 29.7 Å². The molecule has 6 heteroatoms. The minimum atomic E-state index is -3.49. The SMILES string of the molecule is Cc1ccc(S(=O)(=O)N2C[C@@H](Cl)C[C@@H]2CCl)cc1. The van der Waals surface area contributed by atoms with Crippen molar-refractivity contribution in [1.29, 1.82) is 0 Å². The van der Waals surface area contributed by atoms with Gasteiger partial charge in [-0.1, -0.05) is 17.7 Å². The molecule has 2 atom stereocenters. The second kappa shape index (κ2) is 5.37. The van der Waals surface area contributed by atoms with Gasteiger partial charge in [-0.15, -0.1) is 23.2 Å². The molecule has 0 aromatic heterocycles. The van der Waals surface area contributed by atoms with Gasteiger partial charge in [0.25, 0.3) is 0 Å². The summed E-state index contributed by atoms with van der Waals surface area (Å²) in [6.07, 6.45) is 0.607. The number of hydrogen-bond acceptors (Lipinski definition) is 2. The van der Waals surface area contributed by atoms with Crippen molar-refractivity contribution < 1.29 is 8.42 Å². The minimum absolute atomic E-state index is 0.158. The molecule has 0 unspecified atom stereocenters. The standard InChI is InChI=1S/C12H15Cl2NO2S/c1-9-2-4-12(5-3-9)18(16,17)15-8-10(14)6-11(15)7-13/h2-5,10-11H,6-8H2,1H3/t10-,11+/m0/s1. The maximum Gasteiger partial charge on any atom is 0.243 e. The van der Waals surface area contributed by atoms with Gasteiger partial charge in [-0.25, -0.2) is 8.42 Å². The average molecular weight is 308 g/mol. The zero-order valence-electron chi connectivity index (χ0n) is 10.0. The highest BCUT2D eigenvalue weighted by molar-refractivity contribution is 7.89. The molecule has 100 valence electrons. The van der Waals surface area contributed by atoms with Crippen molar-refractivity contribution in [2.75, 3.05) is 12.4 Å². The highest BCUT2D eigenvalue weighted by Crippen LogP contribution is 2.29. The molecule has 1 heterocycles. The molecule has 0 radical (unpaired) electrons. The van der Waals surface area contributed by atoms with Gasteiger partial charge in [0.2, 0.25) is 10.0 Å². The lowest BCUT2D eigenvalue weighted by Crippen LogP contribution is -2.36. The summed E-state index contributed by atoms with van der Waals surface area (Å²) in [5, 5.41) is -0.158. The number of halogens is 2. The average Bonchev–Trinajstić information content (AvgIpc) is 2.72. The topological polar surface area (TPSA) is 37.4 Å². The van der Waals surface area contributed by atoms with Gasteiger partial charge in [0.1, 0.15) is 0 Å². The van der Waals surface area contributed by atoms with Crippen molar-refractivity contribution in [2.24, 2.45) is 0 Å². The van der Waals surface area contributed by atoms with Crippen LogP contribution >= 0.6 is 23.2 Å². The van der Waals surface area contributed by atoms with E-state index in [0.29, 0.717) is 17.9 Å². The molecule has 2 rings (SSSR count). The number of alkyl halides is 2. The summed E-state index contributed by atoms with van der Waals surface area (Å²) in [7, 11) is -3.49. The van der Waals surface area contributed by atoms with Crippen LogP contribution in [-0.2, 0) is 10.0 Å². The summed E-state index contributed by atoms with van der Waals surface area (Å²) in [6.45, 7) is 2.25. The van der Waals surface area contributed by atoms with E-state index in [0.717, 1.165) is 5.56 Å². The molecule has 1 fully saturated rings. The number of nitrogens with zero attached hydrogens (tertiary/aromatic N) is 1. The third kappa shape index (κ3) is 2.67. The highest BCUT2D eigenvalue weighted by atomic mass is 35.5. The molecule has 0 N–H and O–H groups in total.